The highest BCUT2D eigenvalue weighted by Gasteiger charge is 2.46. The largest absolute Gasteiger partial charge is 0.496 e. The van der Waals surface area contributed by atoms with Crippen molar-refractivity contribution in [2.75, 3.05) is 25.2 Å². The van der Waals surface area contributed by atoms with Gasteiger partial charge in [0.05, 0.1) is 25.8 Å². The van der Waals surface area contributed by atoms with Gasteiger partial charge in [0.2, 0.25) is 0 Å². The Hall–Kier alpha value is -2.86. The van der Waals surface area contributed by atoms with E-state index in [1.807, 2.05) is 55.5 Å². The van der Waals surface area contributed by atoms with Gasteiger partial charge in [0.15, 0.2) is 0 Å². The third kappa shape index (κ3) is 3.28. The summed E-state index contributed by atoms with van der Waals surface area (Å²) in [5.74, 6) is 0.306. The molecule has 0 radical (unpaired) electrons. The first-order chi connectivity index (χ1) is 12.5. The number of esters is 1. The number of rotatable bonds is 5. The molecule has 0 bridgehead atoms. The molecule has 1 aliphatic heterocycles. The fourth-order valence-corrected chi connectivity index (χ4v) is 2.90. The average Bonchev–Trinajstić information content (AvgIpc) is 3.01. The predicted octanol–water partition coefficient (Wildman–Crippen LogP) is 2.52. The van der Waals surface area contributed by atoms with Gasteiger partial charge in [-0.1, -0.05) is 29.8 Å². The van der Waals surface area contributed by atoms with Gasteiger partial charge in [-0.15, -0.1) is 0 Å². The van der Waals surface area contributed by atoms with Gasteiger partial charge in [0, 0.05) is 5.69 Å². The quantitative estimate of drug-likeness (QED) is 0.836. The van der Waals surface area contributed by atoms with Gasteiger partial charge in [0.25, 0.3) is 5.72 Å². The first-order valence-electron chi connectivity index (χ1n) is 8.45. The molecule has 0 aromatic heterocycles. The van der Waals surface area contributed by atoms with Crippen LogP contribution in [0.15, 0.2) is 53.5 Å². The van der Waals surface area contributed by atoms with E-state index in [4.69, 9.17) is 9.47 Å². The van der Waals surface area contributed by atoms with Crippen LogP contribution in [0.4, 0.5) is 5.69 Å². The Kier molecular flexibility index (Phi) is 4.95. The van der Waals surface area contributed by atoms with Crippen LogP contribution in [0, 0.1) is 6.92 Å². The number of aliphatic imine (C=N–C) groups is 1. The summed E-state index contributed by atoms with van der Waals surface area (Å²) in [5.41, 5.74) is 0.664. The molecule has 3 rings (SSSR count). The minimum absolute atomic E-state index is 0.0255. The van der Waals surface area contributed by atoms with Crippen molar-refractivity contribution in [1.29, 1.82) is 0 Å². The van der Waals surface area contributed by atoms with Crippen molar-refractivity contribution in [1.82, 2.24) is 0 Å². The minimum Gasteiger partial charge on any atom is -0.496 e. The van der Waals surface area contributed by atoms with Gasteiger partial charge < -0.3 is 19.5 Å². The molecule has 1 N–H and O–H groups in total. The van der Waals surface area contributed by atoms with E-state index in [1.54, 1.807) is 18.9 Å². The molecule has 136 valence electrons. The smallest absolute Gasteiger partial charge is 0.363 e. The Labute approximate surface area is 152 Å². The van der Waals surface area contributed by atoms with Gasteiger partial charge in [-0.3, -0.25) is 0 Å². The lowest BCUT2D eigenvalue weighted by Gasteiger charge is -2.23. The molecule has 0 amide bonds. The standard InChI is InChI=1S/C20H22N2O4/c1-4-26-19(23)20(24)13-22(15-11-9-14(2)10-12-15)18(21-20)16-7-5-6-8-17(16)25-3/h5-12,24H,4,13H2,1-3H3. The zero-order valence-electron chi connectivity index (χ0n) is 15.1. The van der Waals surface area contributed by atoms with Crippen LogP contribution < -0.4 is 9.64 Å². The van der Waals surface area contributed by atoms with Crippen molar-refractivity contribution in [3.05, 3.63) is 59.7 Å². The highest BCUT2D eigenvalue weighted by atomic mass is 16.6. The molecule has 0 spiro atoms. The molecule has 0 saturated heterocycles. The van der Waals surface area contributed by atoms with Gasteiger partial charge >= 0.3 is 5.97 Å². The van der Waals surface area contributed by atoms with E-state index in [9.17, 15) is 9.90 Å². The number of aliphatic hydroxyl groups is 1. The number of β-amino-alcohol motifs (C(OH)–C–C–N with tert-alkyl or cyclic N) is 1. The Morgan fingerprint density at radius 2 is 1.92 bits per heavy atom. The number of ether oxygens (including phenoxy) is 2. The molecule has 6 nitrogen and oxygen atoms in total. The van der Waals surface area contributed by atoms with Crippen molar-refractivity contribution in [3.63, 3.8) is 0 Å². The molecule has 1 aliphatic rings. The maximum atomic E-state index is 12.3. The molecular formula is C20H22N2O4. The second-order valence-corrected chi connectivity index (χ2v) is 6.09. The van der Waals surface area contributed by atoms with Crippen molar-refractivity contribution < 1.29 is 19.4 Å². The Morgan fingerprint density at radius 3 is 2.58 bits per heavy atom. The lowest BCUT2D eigenvalue weighted by molar-refractivity contribution is -0.162. The topological polar surface area (TPSA) is 71.4 Å². The van der Waals surface area contributed by atoms with Gasteiger partial charge in [0.1, 0.15) is 11.6 Å². The molecule has 1 heterocycles. The van der Waals surface area contributed by atoms with Crippen LogP contribution in [0.1, 0.15) is 18.1 Å². The molecule has 0 saturated carbocycles. The number of nitrogens with zero attached hydrogens (tertiary/aromatic N) is 2. The summed E-state index contributed by atoms with van der Waals surface area (Å²) in [6.07, 6.45) is 0. The van der Waals surface area contributed by atoms with Crippen LogP contribution in [-0.2, 0) is 9.53 Å². The maximum absolute atomic E-state index is 12.3. The van der Waals surface area contributed by atoms with Crippen molar-refractivity contribution in [2.24, 2.45) is 4.99 Å². The highest BCUT2D eigenvalue weighted by molar-refractivity contribution is 6.14. The zero-order valence-corrected chi connectivity index (χ0v) is 15.1. The second-order valence-electron chi connectivity index (χ2n) is 6.09. The molecule has 6 heteroatoms. The molecule has 26 heavy (non-hydrogen) atoms. The molecule has 0 fully saturated rings. The third-order valence-electron chi connectivity index (χ3n) is 4.22. The summed E-state index contributed by atoms with van der Waals surface area (Å²) < 4.78 is 10.5. The summed E-state index contributed by atoms with van der Waals surface area (Å²) in [5, 5.41) is 10.8. The van der Waals surface area contributed by atoms with Crippen molar-refractivity contribution in [2.45, 2.75) is 19.6 Å². The Balaban J connectivity index is 2.10. The summed E-state index contributed by atoms with van der Waals surface area (Å²) in [6, 6.07) is 15.2. The average molecular weight is 354 g/mol. The maximum Gasteiger partial charge on any atom is 0.363 e. The summed E-state index contributed by atoms with van der Waals surface area (Å²) in [4.78, 5) is 18.4. The van der Waals surface area contributed by atoms with Gasteiger partial charge in [-0.05, 0) is 38.1 Å². The van der Waals surface area contributed by atoms with Crippen LogP contribution >= 0.6 is 0 Å². The first kappa shape index (κ1) is 17.9. The van der Waals surface area contributed by atoms with E-state index in [0.717, 1.165) is 11.3 Å². The molecule has 1 unspecified atom stereocenters. The number of carbonyl (C=O) groups excluding carboxylic acids is 1. The van der Waals surface area contributed by atoms with Gasteiger partial charge in [-0.2, -0.15) is 0 Å². The van der Waals surface area contributed by atoms with Crippen molar-refractivity contribution >= 4 is 17.5 Å². The normalized spacial score (nSPS) is 19.2. The Morgan fingerprint density at radius 1 is 1.23 bits per heavy atom. The number of aryl methyl sites for hydroxylation is 1. The molecule has 2 aromatic carbocycles. The minimum atomic E-state index is -1.96. The second kappa shape index (κ2) is 7.17. The number of hydrogen-bond donors (Lipinski definition) is 1. The highest BCUT2D eigenvalue weighted by Crippen LogP contribution is 2.32. The van der Waals surface area contributed by atoms with Crippen LogP contribution in [0.5, 0.6) is 5.75 Å². The van der Waals surface area contributed by atoms with E-state index in [0.29, 0.717) is 17.1 Å². The van der Waals surface area contributed by atoms with Gasteiger partial charge in [-0.25, -0.2) is 9.79 Å². The molecule has 0 aliphatic carbocycles. The zero-order chi connectivity index (χ0) is 18.7. The number of carbonyl (C=O) groups is 1. The number of amidine groups is 1. The molecule has 2 aromatic rings. The van der Waals surface area contributed by atoms with E-state index in [-0.39, 0.29) is 13.2 Å². The summed E-state index contributed by atoms with van der Waals surface area (Å²) in [7, 11) is 1.57. The summed E-state index contributed by atoms with van der Waals surface area (Å²) >= 11 is 0. The lowest BCUT2D eigenvalue weighted by atomic mass is 10.1. The number of para-hydroxylation sites is 1. The number of methoxy groups -OCH3 is 1. The van der Waals surface area contributed by atoms with E-state index in [1.165, 1.54) is 0 Å². The van der Waals surface area contributed by atoms with E-state index >= 15 is 0 Å². The van der Waals surface area contributed by atoms with E-state index < -0.39 is 11.7 Å². The van der Waals surface area contributed by atoms with Crippen molar-refractivity contribution in [3.8, 4) is 5.75 Å². The fourth-order valence-electron chi connectivity index (χ4n) is 2.90. The van der Waals surface area contributed by atoms with Crippen LogP contribution in [0.25, 0.3) is 0 Å². The van der Waals surface area contributed by atoms with Crippen LogP contribution in [0.2, 0.25) is 0 Å². The SMILES string of the molecule is CCOC(=O)C1(O)CN(c2ccc(C)cc2)C(c2ccccc2OC)=N1. The summed E-state index contributed by atoms with van der Waals surface area (Å²) in [6.45, 7) is 3.84. The molecule has 1 atom stereocenters. The van der Waals surface area contributed by atoms with Crippen LogP contribution in [-0.4, -0.2) is 42.9 Å². The third-order valence-corrected chi connectivity index (χ3v) is 4.22. The number of benzene rings is 2. The monoisotopic (exact) mass is 354 g/mol. The fraction of sp³-hybridized carbons (Fsp3) is 0.300. The first-order valence-corrected chi connectivity index (χ1v) is 8.45. The Bertz CT molecular complexity index is 832. The number of anilines is 1. The predicted molar refractivity (Wildman–Crippen MR) is 99.6 cm³/mol. The number of hydrogen-bond acceptors (Lipinski definition) is 6. The van der Waals surface area contributed by atoms with Crippen LogP contribution in [0.3, 0.4) is 0 Å². The lowest BCUT2D eigenvalue weighted by Crippen LogP contribution is -2.43. The molecular weight excluding hydrogens is 332 g/mol. The van der Waals surface area contributed by atoms with E-state index in [2.05, 4.69) is 4.99 Å².